The summed E-state index contributed by atoms with van der Waals surface area (Å²) in [7, 11) is 1.50. The number of aromatic nitrogens is 1. The molecule has 0 aliphatic rings. The molecule has 13 heavy (non-hydrogen) atoms. The van der Waals surface area contributed by atoms with Gasteiger partial charge in [-0.15, -0.1) is 0 Å². The first-order valence-electron chi connectivity index (χ1n) is 3.64. The molecule has 1 heterocycles. The summed E-state index contributed by atoms with van der Waals surface area (Å²) in [6, 6.07) is 2.47. The molecule has 0 unspecified atom stereocenters. The van der Waals surface area contributed by atoms with Crippen molar-refractivity contribution in [3.63, 3.8) is 0 Å². The van der Waals surface area contributed by atoms with Gasteiger partial charge in [0.2, 0.25) is 0 Å². The van der Waals surface area contributed by atoms with E-state index in [2.05, 4.69) is 0 Å². The number of rotatable bonds is 0. The second-order valence-electron chi connectivity index (χ2n) is 2.77. The molecule has 0 spiro atoms. The molecule has 4 nitrogen and oxygen atoms in total. The van der Waals surface area contributed by atoms with Crippen molar-refractivity contribution in [2.45, 2.75) is 0 Å². The molecule has 0 bridgehead atoms. The van der Waals surface area contributed by atoms with E-state index in [1.807, 2.05) is 0 Å². The summed E-state index contributed by atoms with van der Waals surface area (Å²) in [6.45, 7) is 0. The van der Waals surface area contributed by atoms with Crippen molar-refractivity contribution in [3.05, 3.63) is 28.5 Å². The second kappa shape index (κ2) is 2.35. The summed E-state index contributed by atoms with van der Waals surface area (Å²) in [5, 5.41) is 0. The number of oxazole rings is 1. The number of aryl methyl sites for hydroxylation is 1. The number of nitrogens with zero attached hydrogens (tertiary/aromatic N) is 1. The number of hydrogen-bond donors (Lipinski definition) is 1. The highest BCUT2D eigenvalue weighted by Gasteiger charge is 2.08. The van der Waals surface area contributed by atoms with Gasteiger partial charge in [-0.1, -0.05) is 0 Å². The van der Waals surface area contributed by atoms with Gasteiger partial charge in [0.05, 0.1) is 11.2 Å². The summed E-state index contributed by atoms with van der Waals surface area (Å²) >= 11 is 0. The van der Waals surface area contributed by atoms with Gasteiger partial charge in [0, 0.05) is 19.2 Å². The highest BCUT2D eigenvalue weighted by molar-refractivity contribution is 5.77. The third-order valence-corrected chi connectivity index (χ3v) is 1.91. The lowest BCUT2D eigenvalue weighted by Crippen LogP contribution is -2.08. The molecule has 2 N–H and O–H groups in total. The van der Waals surface area contributed by atoms with Crippen molar-refractivity contribution in [2.24, 2.45) is 7.05 Å². The van der Waals surface area contributed by atoms with Gasteiger partial charge >= 0.3 is 5.76 Å². The molecule has 0 saturated heterocycles. The highest BCUT2D eigenvalue weighted by atomic mass is 19.1. The maximum Gasteiger partial charge on any atom is 0.419 e. The summed E-state index contributed by atoms with van der Waals surface area (Å²) in [6.07, 6.45) is 0. The number of anilines is 1. The van der Waals surface area contributed by atoms with Gasteiger partial charge in [-0.3, -0.25) is 4.57 Å². The molecule has 1 aromatic heterocycles. The van der Waals surface area contributed by atoms with E-state index in [1.54, 1.807) is 0 Å². The predicted molar refractivity (Wildman–Crippen MR) is 45.8 cm³/mol. The largest absolute Gasteiger partial charge is 0.419 e. The Kier molecular flexibility index (Phi) is 1.42. The Morgan fingerprint density at radius 2 is 2.23 bits per heavy atom. The van der Waals surface area contributed by atoms with Crippen LogP contribution in [0.15, 0.2) is 21.3 Å². The molecular formula is C8H7FN2O2. The number of halogens is 1. The molecule has 2 rings (SSSR count). The van der Waals surface area contributed by atoms with Crippen LogP contribution in [0.4, 0.5) is 10.1 Å². The SMILES string of the molecule is Cn1c(=O)oc2cc(N)c(F)cc21. The minimum Gasteiger partial charge on any atom is -0.408 e. The standard InChI is InChI=1S/C8H7FN2O2/c1-11-6-2-4(9)5(10)3-7(6)13-8(11)12/h2-3H,10H2,1H3. The number of nitrogen functional groups attached to an aromatic ring is 1. The van der Waals surface area contributed by atoms with Gasteiger partial charge in [-0.05, 0) is 0 Å². The third-order valence-electron chi connectivity index (χ3n) is 1.91. The summed E-state index contributed by atoms with van der Waals surface area (Å²) in [5.74, 6) is -1.08. The molecule has 1 aromatic carbocycles. The normalized spacial score (nSPS) is 10.9. The molecule has 0 atom stereocenters. The molecule has 68 valence electrons. The highest BCUT2D eigenvalue weighted by Crippen LogP contribution is 2.18. The Morgan fingerprint density at radius 3 is 2.92 bits per heavy atom. The van der Waals surface area contributed by atoms with Crippen LogP contribution in [-0.2, 0) is 7.05 Å². The van der Waals surface area contributed by atoms with Crippen LogP contribution in [0.25, 0.3) is 11.1 Å². The fourth-order valence-corrected chi connectivity index (χ4v) is 1.16. The quantitative estimate of drug-likeness (QED) is 0.614. The number of nitrogens with two attached hydrogens (primary N) is 1. The Hall–Kier alpha value is -1.78. The molecule has 0 radical (unpaired) electrons. The first-order valence-corrected chi connectivity index (χ1v) is 3.64. The number of hydrogen-bond acceptors (Lipinski definition) is 3. The third kappa shape index (κ3) is 1.00. The Balaban J connectivity index is 2.97. The zero-order chi connectivity index (χ0) is 9.59. The van der Waals surface area contributed by atoms with Gasteiger partial charge in [-0.2, -0.15) is 0 Å². The zero-order valence-corrected chi connectivity index (χ0v) is 6.87. The van der Waals surface area contributed by atoms with E-state index in [-0.39, 0.29) is 5.69 Å². The van der Waals surface area contributed by atoms with E-state index in [9.17, 15) is 9.18 Å². The Labute approximate surface area is 72.4 Å². The van der Waals surface area contributed by atoms with Crippen molar-refractivity contribution in [2.75, 3.05) is 5.73 Å². The minimum atomic E-state index is -0.552. The predicted octanol–water partition coefficient (Wildman–Crippen LogP) is 0.853. The van der Waals surface area contributed by atoms with Crippen LogP contribution in [0.5, 0.6) is 0 Å². The van der Waals surface area contributed by atoms with E-state index < -0.39 is 11.6 Å². The maximum absolute atomic E-state index is 13.0. The Morgan fingerprint density at radius 1 is 1.54 bits per heavy atom. The van der Waals surface area contributed by atoms with Crippen LogP contribution in [0.3, 0.4) is 0 Å². The number of fused-ring (bicyclic) bond motifs is 1. The van der Waals surface area contributed by atoms with Crippen LogP contribution >= 0.6 is 0 Å². The molecule has 5 heteroatoms. The molecular weight excluding hydrogens is 175 g/mol. The topological polar surface area (TPSA) is 61.2 Å². The van der Waals surface area contributed by atoms with E-state index in [4.69, 9.17) is 10.2 Å². The van der Waals surface area contributed by atoms with E-state index in [0.717, 1.165) is 0 Å². The van der Waals surface area contributed by atoms with Crippen LogP contribution in [-0.4, -0.2) is 4.57 Å². The first kappa shape index (κ1) is 7.85. The fraction of sp³-hybridized carbons (Fsp3) is 0.125. The number of benzene rings is 1. The smallest absolute Gasteiger partial charge is 0.408 e. The van der Waals surface area contributed by atoms with Crippen LogP contribution < -0.4 is 11.5 Å². The molecule has 2 aromatic rings. The maximum atomic E-state index is 13.0. The van der Waals surface area contributed by atoms with Crippen molar-refractivity contribution in [3.8, 4) is 0 Å². The average Bonchev–Trinajstić information content (AvgIpc) is 2.32. The summed E-state index contributed by atoms with van der Waals surface area (Å²) in [4.78, 5) is 11.0. The monoisotopic (exact) mass is 182 g/mol. The van der Waals surface area contributed by atoms with Crippen LogP contribution in [0, 0.1) is 5.82 Å². The first-order chi connectivity index (χ1) is 6.09. The molecule has 0 aliphatic carbocycles. The van der Waals surface area contributed by atoms with Crippen LogP contribution in [0.1, 0.15) is 0 Å². The summed E-state index contributed by atoms with van der Waals surface area (Å²) < 4.78 is 19.0. The molecule has 0 fully saturated rings. The fourth-order valence-electron chi connectivity index (χ4n) is 1.16. The van der Waals surface area contributed by atoms with Gasteiger partial charge in [0.1, 0.15) is 5.82 Å². The lowest BCUT2D eigenvalue weighted by molar-refractivity contribution is 0.528. The lowest BCUT2D eigenvalue weighted by atomic mass is 10.3. The average molecular weight is 182 g/mol. The van der Waals surface area contributed by atoms with E-state index in [1.165, 1.54) is 23.7 Å². The molecule has 0 amide bonds. The summed E-state index contributed by atoms with van der Waals surface area (Å²) in [5.41, 5.74) is 5.97. The van der Waals surface area contributed by atoms with Crippen molar-refractivity contribution < 1.29 is 8.81 Å². The van der Waals surface area contributed by atoms with Gasteiger partial charge < -0.3 is 10.2 Å². The van der Waals surface area contributed by atoms with Gasteiger partial charge in [0.15, 0.2) is 5.58 Å². The van der Waals surface area contributed by atoms with Crippen LogP contribution in [0.2, 0.25) is 0 Å². The van der Waals surface area contributed by atoms with Gasteiger partial charge in [-0.25, -0.2) is 9.18 Å². The molecule has 0 saturated carbocycles. The minimum absolute atomic E-state index is 0.0261. The molecule has 0 aliphatic heterocycles. The van der Waals surface area contributed by atoms with E-state index >= 15 is 0 Å². The van der Waals surface area contributed by atoms with Gasteiger partial charge in [0.25, 0.3) is 0 Å². The van der Waals surface area contributed by atoms with E-state index in [0.29, 0.717) is 11.1 Å². The van der Waals surface area contributed by atoms with Crippen molar-refractivity contribution in [1.82, 2.24) is 4.57 Å². The zero-order valence-electron chi connectivity index (χ0n) is 6.87. The van der Waals surface area contributed by atoms with Crippen molar-refractivity contribution in [1.29, 1.82) is 0 Å². The van der Waals surface area contributed by atoms with Crippen molar-refractivity contribution >= 4 is 16.8 Å². The Bertz CT molecular complexity index is 527. The lowest BCUT2D eigenvalue weighted by Gasteiger charge is -1.95. The second-order valence-corrected chi connectivity index (χ2v) is 2.77.